The monoisotopic (exact) mass is 445 g/mol. The number of carbonyl (C=O) groups is 2. The number of aromatic nitrogens is 2. The predicted molar refractivity (Wildman–Crippen MR) is 110 cm³/mol. The van der Waals surface area contributed by atoms with Crippen molar-refractivity contribution in [2.24, 2.45) is 0 Å². The van der Waals surface area contributed by atoms with Crippen LogP contribution in [0.15, 0.2) is 59.4 Å². The molecule has 0 radical (unpaired) electrons. The molecule has 1 N–H and O–H groups in total. The van der Waals surface area contributed by atoms with E-state index in [1.807, 2.05) is 0 Å². The molecule has 0 aliphatic rings. The van der Waals surface area contributed by atoms with Gasteiger partial charge in [-0.1, -0.05) is 6.07 Å². The van der Waals surface area contributed by atoms with E-state index in [2.05, 4.69) is 10.4 Å². The van der Waals surface area contributed by atoms with Gasteiger partial charge in [-0.05, 0) is 56.3 Å². The number of nitrogens with one attached hydrogen (secondary N) is 1. The fraction of sp³-hybridized carbons (Fsp3) is 0.182. The molecular formula is C22H18F3N3O4. The first-order valence-corrected chi connectivity index (χ1v) is 9.47. The summed E-state index contributed by atoms with van der Waals surface area (Å²) in [6, 6.07) is 11.3. The molecule has 7 nitrogen and oxygen atoms in total. The summed E-state index contributed by atoms with van der Waals surface area (Å²) in [7, 11) is 0. The number of aryl methyl sites for hydroxylation is 1. The molecule has 3 rings (SSSR count). The van der Waals surface area contributed by atoms with Crippen molar-refractivity contribution in [1.29, 1.82) is 0 Å². The first-order valence-electron chi connectivity index (χ1n) is 9.47. The van der Waals surface area contributed by atoms with E-state index in [0.717, 1.165) is 22.9 Å². The summed E-state index contributed by atoms with van der Waals surface area (Å²) in [5.41, 5.74) is -1.20. The number of rotatable bonds is 5. The van der Waals surface area contributed by atoms with Crippen LogP contribution >= 0.6 is 0 Å². The standard InChI is InChI=1S/C22H18F3N3O4/c1-3-32-21(31)14-7-9-16(10-8-14)26-20(30)19-18(29)11-13(2)28(27-19)17-6-4-5-15(12-17)22(23,24)25/h4-12H,3H2,1-2H3,(H,26,30). The minimum absolute atomic E-state index is 0.0464. The van der Waals surface area contributed by atoms with Gasteiger partial charge >= 0.3 is 12.1 Å². The van der Waals surface area contributed by atoms with Gasteiger partial charge in [-0.2, -0.15) is 18.3 Å². The Kier molecular flexibility index (Phi) is 6.42. The zero-order chi connectivity index (χ0) is 23.5. The molecule has 2 aromatic carbocycles. The quantitative estimate of drug-likeness (QED) is 0.600. The number of esters is 1. The van der Waals surface area contributed by atoms with Gasteiger partial charge in [-0.3, -0.25) is 9.59 Å². The number of ether oxygens (including phenoxy) is 1. The van der Waals surface area contributed by atoms with E-state index in [9.17, 15) is 27.6 Å². The topological polar surface area (TPSA) is 90.3 Å². The number of alkyl halides is 3. The molecule has 0 saturated carbocycles. The molecule has 0 atom stereocenters. The highest BCUT2D eigenvalue weighted by Gasteiger charge is 2.30. The van der Waals surface area contributed by atoms with Gasteiger partial charge in [0.1, 0.15) is 0 Å². The molecular weight excluding hydrogens is 427 g/mol. The highest BCUT2D eigenvalue weighted by Crippen LogP contribution is 2.30. The number of nitrogens with zero attached hydrogens (tertiary/aromatic N) is 2. The van der Waals surface area contributed by atoms with E-state index in [1.54, 1.807) is 6.92 Å². The first-order chi connectivity index (χ1) is 15.1. The second-order valence-corrected chi connectivity index (χ2v) is 6.71. The SMILES string of the molecule is CCOC(=O)c1ccc(NC(=O)c2nn(-c3cccc(C(F)(F)F)c3)c(C)cc2=O)cc1. The average molecular weight is 445 g/mol. The molecule has 0 fully saturated rings. The van der Waals surface area contributed by atoms with Gasteiger partial charge < -0.3 is 10.1 Å². The maximum Gasteiger partial charge on any atom is 0.416 e. The fourth-order valence-corrected chi connectivity index (χ4v) is 2.87. The van der Waals surface area contributed by atoms with E-state index in [-0.39, 0.29) is 29.2 Å². The third-order valence-corrected chi connectivity index (χ3v) is 4.39. The second-order valence-electron chi connectivity index (χ2n) is 6.71. The van der Waals surface area contributed by atoms with Crippen molar-refractivity contribution in [3.05, 3.63) is 87.3 Å². The largest absolute Gasteiger partial charge is 0.462 e. The van der Waals surface area contributed by atoms with Crippen molar-refractivity contribution in [1.82, 2.24) is 9.78 Å². The maximum atomic E-state index is 13.0. The van der Waals surface area contributed by atoms with Gasteiger partial charge in [0.15, 0.2) is 5.69 Å². The Hall–Kier alpha value is -3.95. The summed E-state index contributed by atoms with van der Waals surface area (Å²) in [5, 5.41) is 6.47. The number of halogens is 3. The van der Waals surface area contributed by atoms with Crippen LogP contribution in [0.1, 0.15) is 39.0 Å². The summed E-state index contributed by atoms with van der Waals surface area (Å²) >= 11 is 0. The fourth-order valence-electron chi connectivity index (χ4n) is 2.87. The molecule has 0 unspecified atom stereocenters. The lowest BCUT2D eigenvalue weighted by Crippen LogP contribution is -2.27. The number of hydrogen-bond acceptors (Lipinski definition) is 5. The van der Waals surface area contributed by atoms with E-state index >= 15 is 0 Å². The van der Waals surface area contributed by atoms with Gasteiger partial charge in [-0.25, -0.2) is 9.48 Å². The smallest absolute Gasteiger partial charge is 0.416 e. The Balaban J connectivity index is 1.90. The van der Waals surface area contributed by atoms with E-state index in [4.69, 9.17) is 4.74 Å². The van der Waals surface area contributed by atoms with Gasteiger partial charge in [0.25, 0.3) is 5.91 Å². The van der Waals surface area contributed by atoms with E-state index in [1.165, 1.54) is 43.3 Å². The Morgan fingerprint density at radius 3 is 2.41 bits per heavy atom. The molecule has 1 amide bonds. The summed E-state index contributed by atoms with van der Waals surface area (Å²) in [6.07, 6.45) is -4.56. The Morgan fingerprint density at radius 2 is 1.78 bits per heavy atom. The lowest BCUT2D eigenvalue weighted by atomic mass is 10.2. The van der Waals surface area contributed by atoms with Crippen molar-refractivity contribution >= 4 is 17.6 Å². The Bertz CT molecular complexity index is 1220. The molecule has 1 aromatic heterocycles. The van der Waals surface area contributed by atoms with Gasteiger partial charge in [0.05, 0.1) is 23.4 Å². The van der Waals surface area contributed by atoms with Crippen LogP contribution in [-0.4, -0.2) is 28.3 Å². The van der Waals surface area contributed by atoms with Crippen molar-refractivity contribution in [3.8, 4) is 5.69 Å². The number of amides is 1. The lowest BCUT2D eigenvalue weighted by molar-refractivity contribution is -0.137. The van der Waals surface area contributed by atoms with Crippen molar-refractivity contribution in [3.63, 3.8) is 0 Å². The van der Waals surface area contributed by atoms with E-state index < -0.39 is 34.7 Å². The van der Waals surface area contributed by atoms with Crippen LogP contribution in [0.3, 0.4) is 0 Å². The number of hydrogen-bond donors (Lipinski definition) is 1. The van der Waals surface area contributed by atoms with Crippen LogP contribution < -0.4 is 10.7 Å². The van der Waals surface area contributed by atoms with Crippen molar-refractivity contribution in [2.45, 2.75) is 20.0 Å². The third-order valence-electron chi connectivity index (χ3n) is 4.39. The summed E-state index contributed by atoms with van der Waals surface area (Å²) < 4.78 is 45.1. The molecule has 0 spiro atoms. The highest BCUT2D eigenvalue weighted by molar-refractivity contribution is 6.03. The number of carbonyl (C=O) groups excluding carboxylic acids is 2. The zero-order valence-electron chi connectivity index (χ0n) is 17.1. The molecule has 0 saturated heterocycles. The minimum atomic E-state index is -4.56. The Morgan fingerprint density at radius 1 is 1.09 bits per heavy atom. The molecule has 0 aliphatic carbocycles. The molecule has 3 aromatic rings. The van der Waals surface area contributed by atoms with E-state index in [0.29, 0.717) is 0 Å². The second kappa shape index (κ2) is 9.04. The molecule has 32 heavy (non-hydrogen) atoms. The Labute approximate surface area is 180 Å². The van der Waals surface area contributed by atoms with Crippen LogP contribution in [0, 0.1) is 6.92 Å². The van der Waals surface area contributed by atoms with Gasteiger partial charge in [-0.15, -0.1) is 0 Å². The highest BCUT2D eigenvalue weighted by atomic mass is 19.4. The lowest BCUT2D eigenvalue weighted by Gasteiger charge is -2.13. The molecule has 1 heterocycles. The summed E-state index contributed by atoms with van der Waals surface area (Å²) in [4.78, 5) is 36.6. The summed E-state index contributed by atoms with van der Waals surface area (Å²) in [6.45, 7) is 3.38. The summed E-state index contributed by atoms with van der Waals surface area (Å²) in [5.74, 6) is -1.37. The zero-order valence-corrected chi connectivity index (χ0v) is 17.1. The van der Waals surface area contributed by atoms with Gasteiger partial charge in [0, 0.05) is 17.4 Å². The van der Waals surface area contributed by atoms with Crippen LogP contribution in [-0.2, 0) is 10.9 Å². The van der Waals surface area contributed by atoms with Gasteiger partial charge in [0.2, 0.25) is 5.43 Å². The van der Waals surface area contributed by atoms with Crippen LogP contribution in [0.5, 0.6) is 0 Å². The third kappa shape index (κ3) is 5.02. The van der Waals surface area contributed by atoms with Crippen molar-refractivity contribution < 1.29 is 27.5 Å². The average Bonchev–Trinajstić information content (AvgIpc) is 2.74. The first kappa shape index (κ1) is 22.7. The minimum Gasteiger partial charge on any atom is -0.462 e. The van der Waals surface area contributed by atoms with Crippen LogP contribution in [0.4, 0.5) is 18.9 Å². The molecule has 166 valence electrons. The molecule has 0 bridgehead atoms. The van der Waals surface area contributed by atoms with Crippen molar-refractivity contribution in [2.75, 3.05) is 11.9 Å². The number of anilines is 1. The van der Waals surface area contributed by atoms with Crippen LogP contribution in [0.2, 0.25) is 0 Å². The maximum absolute atomic E-state index is 13.0. The predicted octanol–water partition coefficient (Wildman–Crippen LogP) is 3.99. The van der Waals surface area contributed by atoms with Crippen LogP contribution in [0.25, 0.3) is 5.69 Å². The number of benzene rings is 2. The normalized spacial score (nSPS) is 11.2. The molecule has 0 aliphatic heterocycles. The molecule has 10 heteroatoms.